The molecule has 3 nitrogen and oxygen atoms in total. The molecule has 1 atom stereocenters. The largest absolute Gasteiger partial charge is 0.310 e. The molecule has 0 bridgehead atoms. The van der Waals surface area contributed by atoms with Crippen LogP contribution < -0.4 is 5.32 Å². The average Bonchev–Trinajstić information content (AvgIpc) is 2.62. The molecule has 0 amide bonds. The van der Waals surface area contributed by atoms with E-state index in [1.54, 1.807) is 0 Å². The Morgan fingerprint density at radius 3 is 2.50 bits per heavy atom. The Kier molecular flexibility index (Phi) is 4.44. The van der Waals surface area contributed by atoms with Crippen molar-refractivity contribution in [2.75, 3.05) is 6.54 Å². The molecule has 1 aliphatic rings. The molecule has 0 aromatic carbocycles. The van der Waals surface area contributed by atoms with Gasteiger partial charge in [0.05, 0.1) is 5.69 Å². The van der Waals surface area contributed by atoms with Crippen LogP contribution in [0.15, 0.2) is 0 Å². The van der Waals surface area contributed by atoms with Gasteiger partial charge in [-0.25, -0.2) is 0 Å². The van der Waals surface area contributed by atoms with E-state index in [9.17, 15) is 0 Å². The molecular weight excluding hydrogens is 222 g/mol. The van der Waals surface area contributed by atoms with Gasteiger partial charge in [-0.3, -0.25) is 4.68 Å². The first-order valence-electron chi connectivity index (χ1n) is 7.33. The van der Waals surface area contributed by atoms with Crippen molar-refractivity contribution in [2.45, 2.75) is 58.9 Å². The fourth-order valence-electron chi connectivity index (χ4n) is 3.25. The summed E-state index contributed by atoms with van der Waals surface area (Å²) in [7, 11) is 2.03. The molecule has 1 aromatic heterocycles. The normalized spacial score (nSPS) is 19.1. The van der Waals surface area contributed by atoms with Gasteiger partial charge in [0.2, 0.25) is 0 Å². The van der Waals surface area contributed by atoms with Crippen LogP contribution in [0, 0.1) is 19.8 Å². The van der Waals surface area contributed by atoms with E-state index in [4.69, 9.17) is 0 Å². The molecule has 102 valence electrons. The number of aryl methyl sites for hydroxylation is 2. The lowest BCUT2D eigenvalue weighted by Crippen LogP contribution is -2.27. The van der Waals surface area contributed by atoms with Crippen LogP contribution in [0.25, 0.3) is 0 Å². The van der Waals surface area contributed by atoms with Gasteiger partial charge in [-0.1, -0.05) is 19.3 Å². The van der Waals surface area contributed by atoms with Crippen LogP contribution >= 0.6 is 0 Å². The highest BCUT2D eigenvalue weighted by molar-refractivity contribution is 5.27. The SMILES string of the molecule is Cc1nn(C)c(C)c1C(C)NCC1CCCCC1. The van der Waals surface area contributed by atoms with Crippen molar-refractivity contribution in [1.82, 2.24) is 15.1 Å². The Hall–Kier alpha value is -0.830. The fraction of sp³-hybridized carbons (Fsp3) is 0.800. The summed E-state index contributed by atoms with van der Waals surface area (Å²) in [5.74, 6) is 0.887. The molecule has 0 radical (unpaired) electrons. The first-order chi connectivity index (χ1) is 8.59. The Morgan fingerprint density at radius 2 is 1.94 bits per heavy atom. The third-order valence-corrected chi connectivity index (χ3v) is 4.44. The van der Waals surface area contributed by atoms with E-state index in [1.807, 2.05) is 11.7 Å². The van der Waals surface area contributed by atoms with Gasteiger partial charge in [-0.15, -0.1) is 0 Å². The van der Waals surface area contributed by atoms with Crippen LogP contribution in [0.2, 0.25) is 0 Å². The second-order valence-electron chi connectivity index (χ2n) is 5.84. The third-order valence-electron chi connectivity index (χ3n) is 4.44. The lowest BCUT2D eigenvalue weighted by atomic mass is 9.89. The smallest absolute Gasteiger partial charge is 0.0644 e. The van der Waals surface area contributed by atoms with Gasteiger partial charge in [-0.2, -0.15) is 5.10 Å². The minimum Gasteiger partial charge on any atom is -0.310 e. The van der Waals surface area contributed by atoms with E-state index in [2.05, 4.69) is 31.2 Å². The second kappa shape index (κ2) is 5.87. The monoisotopic (exact) mass is 249 g/mol. The first-order valence-corrected chi connectivity index (χ1v) is 7.33. The highest BCUT2D eigenvalue weighted by Gasteiger charge is 2.18. The summed E-state index contributed by atoms with van der Waals surface area (Å²) in [6, 6.07) is 0.417. The van der Waals surface area contributed by atoms with E-state index < -0.39 is 0 Å². The second-order valence-corrected chi connectivity index (χ2v) is 5.84. The Morgan fingerprint density at radius 1 is 1.28 bits per heavy atom. The average molecular weight is 249 g/mol. The summed E-state index contributed by atoms with van der Waals surface area (Å²) in [6.45, 7) is 7.70. The number of rotatable bonds is 4. The van der Waals surface area contributed by atoms with Crippen LogP contribution in [0.5, 0.6) is 0 Å². The van der Waals surface area contributed by atoms with E-state index in [1.165, 1.54) is 49.1 Å². The molecule has 1 saturated carbocycles. The first kappa shape index (κ1) is 13.6. The Labute approximate surface area is 111 Å². The zero-order valence-electron chi connectivity index (χ0n) is 12.3. The maximum Gasteiger partial charge on any atom is 0.0644 e. The lowest BCUT2D eigenvalue weighted by Gasteiger charge is -2.24. The van der Waals surface area contributed by atoms with E-state index in [0.717, 1.165) is 12.5 Å². The maximum atomic E-state index is 4.50. The van der Waals surface area contributed by atoms with Gasteiger partial charge >= 0.3 is 0 Å². The van der Waals surface area contributed by atoms with Gasteiger partial charge in [0, 0.05) is 24.3 Å². The van der Waals surface area contributed by atoms with Crippen molar-refractivity contribution >= 4 is 0 Å². The number of hydrogen-bond acceptors (Lipinski definition) is 2. The molecule has 0 spiro atoms. The molecular formula is C15H27N3. The molecule has 3 heteroatoms. The number of nitrogens with zero attached hydrogens (tertiary/aromatic N) is 2. The van der Waals surface area contributed by atoms with Gasteiger partial charge < -0.3 is 5.32 Å². The Balaban J connectivity index is 1.92. The van der Waals surface area contributed by atoms with Gasteiger partial charge in [0.25, 0.3) is 0 Å². The van der Waals surface area contributed by atoms with Crippen molar-refractivity contribution in [1.29, 1.82) is 0 Å². The summed E-state index contributed by atoms with van der Waals surface area (Å²) in [4.78, 5) is 0. The highest BCUT2D eigenvalue weighted by atomic mass is 15.3. The summed E-state index contributed by atoms with van der Waals surface area (Å²) in [6.07, 6.45) is 7.10. The predicted octanol–water partition coefficient (Wildman–Crippen LogP) is 3.27. The summed E-state index contributed by atoms with van der Waals surface area (Å²) >= 11 is 0. The summed E-state index contributed by atoms with van der Waals surface area (Å²) in [5, 5.41) is 8.21. The molecule has 1 aromatic rings. The molecule has 0 saturated heterocycles. The molecule has 1 fully saturated rings. The van der Waals surface area contributed by atoms with Crippen LogP contribution in [-0.4, -0.2) is 16.3 Å². The molecule has 1 unspecified atom stereocenters. The fourth-order valence-corrected chi connectivity index (χ4v) is 3.25. The van der Waals surface area contributed by atoms with E-state index in [0.29, 0.717) is 6.04 Å². The van der Waals surface area contributed by atoms with E-state index >= 15 is 0 Å². The van der Waals surface area contributed by atoms with Crippen LogP contribution in [0.1, 0.15) is 62.0 Å². The number of nitrogens with one attached hydrogen (secondary N) is 1. The van der Waals surface area contributed by atoms with Crippen molar-refractivity contribution in [3.8, 4) is 0 Å². The predicted molar refractivity (Wildman–Crippen MR) is 75.7 cm³/mol. The van der Waals surface area contributed by atoms with Gasteiger partial charge in [0.1, 0.15) is 0 Å². The molecule has 1 aliphatic carbocycles. The molecule has 1 N–H and O–H groups in total. The lowest BCUT2D eigenvalue weighted by molar-refractivity contribution is 0.331. The number of hydrogen-bond donors (Lipinski definition) is 1. The zero-order valence-corrected chi connectivity index (χ0v) is 12.3. The van der Waals surface area contributed by atoms with Crippen molar-refractivity contribution in [3.05, 3.63) is 17.0 Å². The van der Waals surface area contributed by atoms with Crippen LogP contribution in [0.3, 0.4) is 0 Å². The Bertz CT molecular complexity index is 389. The van der Waals surface area contributed by atoms with Gasteiger partial charge in [0.15, 0.2) is 0 Å². The third kappa shape index (κ3) is 2.94. The number of aromatic nitrogens is 2. The van der Waals surface area contributed by atoms with E-state index in [-0.39, 0.29) is 0 Å². The van der Waals surface area contributed by atoms with Crippen molar-refractivity contribution < 1.29 is 0 Å². The molecule has 2 rings (SSSR count). The molecule has 18 heavy (non-hydrogen) atoms. The zero-order chi connectivity index (χ0) is 13.1. The topological polar surface area (TPSA) is 29.9 Å². The quantitative estimate of drug-likeness (QED) is 0.887. The summed E-state index contributed by atoms with van der Waals surface area (Å²) < 4.78 is 1.99. The van der Waals surface area contributed by atoms with Crippen LogP contribution in [-0.2, 0) is 7.05 Å². The molecule has 1 heterocycles. The van der Waals surface area contributed by atoms with Gasteiger partial charge in [-0.05, 0) is 46.1 Å². The standard InChI is InChI=1S/C15H27N3/c1-11(15-12(2)17-18(4)13(15)3)16-10-14-8-6-5-7-9-14/h11,14,16H,5-10H2,1-4H3. The molecule has 0 aliphatic heterocycles. The van der Waals surface area contributed by atoms with Crippen LogP contribution in [0.4, 0.5) is 0 Å². The minimum atomic E-state index is 0.417. The highest BCUT2D eigenvalue weighted by Crippen LogP contribution is 2.25. The van der Waals surface area contributed by atoms with Crippen molar-refractivity contribution in [3.63, 3.8) is 0 Å². The minimum absolute atomic E-state index is 0.417. The van der Waals surface area contributed by atoms with Crippen molar-refractivity contribution in [2.24, 2.45) is 13.0 Å². The summed E-state index contributed by atoms with van der Waals surface area (Å²) in [5.41, 5.74) is 3.84. The maximum absolute atomic E-state index is 4.50.